The van der Waals surface area contributed by atoms with Crippen LogP contribution in [0.2, 0.25) is 0 Å². The van der Waals surface area contributed by atoms with Gasteiger partial charge in [-0.25, -0.2) is 4.39 Å². The molecule has 0 radical (unpaired) electrons. The van der Waals surface area contributed by atoms with Crippen molar-refractivity contribution in [3.8, 4) is 0 Å². The zero-order chi connectivity index (χ0) is 13.2. The molecule has 19 heavy (non-hydrogen) atoms. The highest BCUT2D eigenvalue weighted by atomic mass is 79.9. The highest BCUT2D eigenvalue weighted by Crippen LogP contribution is 2.40. The molecule has 1 saturated carbocycles. The zero-order valence-electron chi connectivity index (χ0n) is 11.0. The van der Waals surface area contributed by atoms with Crippen molar-refractivity contribution < 1.29 is 4.39 Å². The molecular formula is C15H20BrFN2. The molecule has 1 aromatic rings. The van der Waals surface area contributed by atoms with Crippen LogP contribution in [-0.2, 0) is 0 Å². The summed E-state index contributed by atoms with van der Waals surface area (Å²) in [5, 5.41) is 3.39. The van der Waals surface area contributed by atoms with Gasteiger partial charge in [-0.05, 0) is 36.1 Å². The predicted octanol–water partition coefficient (Wildman–Crippen LogP) is 3.33. The van der Waals surface area contributed by atoms with Gasteiger partial charge in [-0.2, -0.15) is 0 Å². The maximum Gasteiger partial charge on any atom is 0.124 e. The molecule has 2 fully saturated rings. The van der Waals surface area contributed by atoms with Crippen LogP contribution in [-0.4, -0.2) is 31.1 Å². The van der Waals surface area contributed by atoms with Crippen molar-refractivity contribution in [3.63, 3.8) is 0 Å². The van der Waals surface area contributed by atoms with Crippen LogP contribution in [0.3, 0.4) is 0 Å². The Labute approximate surface area is 122 Å². The van der Waals surface area contributed by atoms with Gasteiger partial charge in [-0.3, -0.25) is 4.90 Å². The Kier molecular flexibility index (Phi) is 4.20. The van der Waals surface area contributed by atoms with Gasteiger partial charge in [-0.15, -0.1) is 0 Å². The molecule has 1 aromatic carbocycles. The number of halogens is 2. The maximum atomic E-state index is 13.6. The van der Waals surface area contributed by atoms with Gasteiger partial charge in [0.15, 0.2) is 0 Å². The van der Waals surface area contributed by atoms with E-state index in [4.69, 9.17) is 0 Å². The van der Waals surface area contributed by atoms with Crippen LogP contribution in [0.15, 0.2) is 22.7 Å². The lowest BCUT2D eigenvalue weighted by molar-refractivity contribution is 0.160. The van der Waals surface area contributed by atoms with Crippen LogP contribution < -0.4 is 5.32 Å². The summed E-state index contributed by atoms with van der Waals surface area (Å²) in [5.74, 6) is 0.710. The summed E-state index contributed by atoms with van der Waals surface area (Å²) in [7, 11) is 0. The summed E-state index contributed by atoms with van der Waals surface area (Å²) in [6.45, 7) is 4.20. The van der Waals surface area contributed by atoms with Gasteiger partial charge < -0.3 is 5.32 Å². The molecule has 1 N–H and O–H groups in total. The lowest BCUT2D eigenvalue weighted by Gasteiger charge is -2.35. The molecule has 2 nitrogen and oxygen atoms in total. The molecule has 0 aromatic heterocycles. The van der Waals surface area contributed by atoms with Gasteiger partial charge in [0.1, 0.15) is 5.82 Å². The van der Waals surface area contributed by atoms with Crippen LogP contribution in [0.25, 0.3) is 0 Å². The van der Waals surface area contributed by atoms with E-state index in [9.17, 15) is 4.39 Å². The second kappa shape index (κ2) is 5.90. The van der Waals surface area contributed by atoms with Crippen molar-refractivity contribution in [3.05, 3.63) is 34.1 Å². The van der Waals surface area contributed by atoms with Crippen molar-refractivity contribution in [2.24, 2.45) is 5.92 Å². The molecule has 104 valence electrons. The van der Waals surface area contributed by atoms with E-state index in [2.05, 4.69) is 32.2 Å². The number of piperazine rings is 1. The van der Waals surface area contributed by atoms with Gasteiger partial charge >= 0.3 is 0 Å². The summed E-state index contributed by atoms with van der Waals surface area (Å²) in [4.78, 5) is 2.51. The molecule has 0 spiro atoms. The topological polar surface area (TPSA) is 15.3 Å². The molecule has 0 unspecified atom stereocenters. The van der Waals surface area contributed by atoms with Gasteiger partial charge in [-0.1, -0.05) is 28.8 Å². The van der Waals surface area contributed by atoms with Crippen molar-refractivity contribution in [2.75, 3.05) is 26.2 Å². The number of benzene rings is 1. The van der Waals surface area contributed by atoms with Crippen LogP contribution in [0.4, 0.5) is 4.39 Å². The second-order valence-corrected chi connectivity index (χ2v) is 6.60. The average Bonchev–Trinajstić information content (AvgIpc) is 3.20. The van der Waals surface area contributed by atoms with E-state index in [1.807, 2.05) is 0 Å². The normalized spacial score (nSPS) is 22.4. The number of hydrogen-bond donors (Lipinski definition) is 1. The van der Waals surface area contributed by atoms with Gasteiger partial charge in [0.05, 0.1) is 0 Å². The summed E-state index contributed by atoms with van der Waals surface area (Å²) >= 11 is 3.42. The minimum atomic E-state index is -0.139. The first-order chi connectivity index (χ1) is 9.22. The van der Waals surface area contributed by atoms with Crippen LogP contribution >= 0.6 is 15.9 Å². The Morgan fingerprint density at radius 2 is 2.00 bits per heavy atom. The lowest BCUT2D eigenvalue weighted by atomic mass is 9.98. The van der Waals surface area contributed by atoms with Crippen LogP contribution in [0.1, 0.15) is 30.9 Å². The molecule has 1 aliphatic heterocycles. The molecule has 0 amide bonds. The van der Waals surface area contributed by atoms with E-state index in [0.29, 0.717) is 6.04 Å². The Balaban J connectivity index is 1.83. The maximum absolute atomic E-state index is 13.6. The van der Waals surface area contributed by atoms with E-state index in [0.717, 1.165) is 42.1 Å². The Bertz CT molecular complexity index is 422. The molecule has 1 aliphatic carbocycles. The molecule has 0 bridgehead atoms. The van der Waals surface area contributed by atoms with Crippen LogP contribution in [0.5, 0.6) is 0 Å². The van der Waals surface area contributed by atoms with Crippen molar-refractivity contribution in [1.29, 1.82) is 0 Å². The van der Waals surface area contributed by atoms with E-state index in [1.54, 1.807) is 6.07 Å². The molecular weight excluding hydrogens is 307 g/mol. The van der Waals surface area contributed by atoms with Gasteiger partial charge in [0, 0.05) is 36.7 Å². The smallest absolute Gasteiger partial charge is 0.124 e. The number of hydrogen-bond acceptors (Lipinski definition) is 2. The molecule has 1 heterocycles. The standard InChI is InChI=1S/C15H20BrFN2/c16-13-8-12(9-14(17)10-13)15(7-11-1-2-11)19-5-3-18-4-6-19/h8-11,15,18H,1-7H2/t15-/m1/s1. The first kappa shape index (κ1) is 13.5. The van der Waals surface area contributed by atoms with Crippen molar-refractivity contribution in [1.82, 2.24) is 10.2 Å². The molecule has 1 atom stereocenters. The van der Waals surface area contributed by atoms with E-state index >= 15 is 0 Å². The third-order valence-corrected chi connectivity index (χ3v) is 4.57. The number of rotatable bonds is 4. The Morgan fingerprint density at radius 1 is 1.26 bits per heavy atom. The first-order valence-corrected chi connectivity index (χ1v) is 7.92. The number of nitrogens with zero attached hydrogens (tertiary/aromatic N) is 1. The second-order valence-electron chi connectivity index (χ2n) is 5.68. The summed E-state index contributed by atoms with van der Waals surface area (Å²) < 4.78 is 14.5. The summed E-state index contributed by atoms with van der Waals surface area (Å²) in [6.07, 6.45) is 3.87. The van der Waals surface area contributed by atoms with Crippen LogP contribution in [0, 0.1) is 11.7 Å². The molecule has 1 saturated heterocycles. The SMILES string of the molecule is Fc1cc(Br)cc([C@@H](CC2CC2)N2CCNCC2)c1. The van der Waals surface area contributed by atoms with Gasteiger partial charge in [0.25, 0.3) is 0 Å². The minimum Gasteiger partial charge on any atom is -0.314 e. The average molecular weight is 327 g/mol. The largest absolute Gasteiger partial charge is 0.314 e. The van der Waals surface area contributed by atoms with E-state index < -0.39 is 0 Å². The lowest BCUT2D eigenvalue weighted by Crippen LogP contribution is -2.45. The fraction of sp³-hybridized carbons (Fsp3) is 0.600. The van der Waals surface area contributed by atoms with E-state index in [-0.39, 0.29) is 5.82 Å². The fourth-order valence-electron chi connectivity index (χ4n) is 2.93. The third-order valence-electron chi connectivity index (χ3n) is 4.12. The summed E-state index contributed by atoms with van der Waals surface area (Å²) in [5.41, 5.74) is 1.13. The molecule has 4 heteroatoms. The molecule has 2 aliphatic rings. The fourth-order valence-corrected chi connectivity index (χ4v) is 3.41. The predicted molar refractivity (Wildman–Crippen MR) is 78.6 cm³/mol. The Hall–Kier alpha value is -0.450. The minimum absolute atomic E-state index is 0.139. The highest BCUT2D eigenvalue weighted by Gasteiger charge is 2.30. The monoisotopic (exact) mass is 326 g/mol. The van der Waals surface area contributed by atoms with Gasteiger partial charge in [0.2, 0.25) is 0 Å². The highest BCUT2D eigenvalue weighted by molar-refractivity contribution is 9.10. The molecule has 3 rings (SSSR count). The zero-order valence-corrected chi connectivity index (χ0v) is 12.6. The van der Waals surface area contributed by atoms with Crippen molar-refractivity contribution >= 4 is 15.9 Å². The first-order valence-electron chi connectivity index (χ1n) is 7.13. The number of nitrogens with one attached hydrogen (secondary N) is 1. The van der Waals surface area contributed by atoms with Crippen molar-refractivity contribution in [2.45, 2.75) is 25.3 Å². The third kappa shape index (κ3) is 3.56. The quantitative estimate of drug-likeness (QED) is 0.912. The van der Waals surface area contributed by atoms with E-state index in [1.165, 1.54) is 25.3 Å². The Morgan fingerprint density at radius 3 is 2.63 bits per heavy atom. The summed E-state index contributed by atoms with van der Waals surface area (Å²) in [6, 6.07) is 5.70.